The number of nitrogens with two attached hydrogens (primary N) is 1. The van der Waals surface area contributed by atoms with Gasteiger partial charge in [0.1, 0.15) is 0 Å². The van der Waals surface area contributed by atoms with E-state index >= 15 is 0 Å². The molecule has 0 bridgehead atoms. The Labute approximate surface area is 252 Å². The molecule has 5 nitrogen and oxygen atoms in total. The Hall–Kier alpha value is -2.74. The maximum Gasteiger partial charge on any atom is 0.239 e. The zero-order valence-electron chi connectivity index (χ0n) is 23.6. The van der Waals surface area contributed by atoms with Crippen LogP contribution in [-0.4, -0.2) is 72.5 Å². The molecule has 2 aliphatic heterocycles. The maximum atomic E-state index is 13.4. The van der Waals surface area contributed by atoms with Crippen LogP contribution in [0.2, 0.25) is 5.02 Å². The van der Waals surface area contributed by atoms with E-state index in [0.717, 1.165) is 76.6 Å². The first-order valence-electron chi connectivity index (χ1n) is 14.8. The van der Waals surface area contributed by atoms with Crippen LogP contribution in [0.3, 0.4) is 0 Å². The Morgan fingerprint density at radius 2 is 1.66 bits per heavy atom. The fourth-order valence-corrected chi connectivity index (χ4v) is 7.54. The summed E-state index contributed by atoms with van der Waals surface area (Å²) in [5.74, 6) is 0.383. The lowest BCUT2D eigenvalue weighted by molar-refractivity contribution is -0.136. The zero-order valence-corrected chi connectivity index (χ0v) is 25.1. The third-order valence-corrected chi connectivity index (χ3v) is 10.2. The monoisotopic (exact) mass is 586 g/mol. The number of rotatable bonds is 8. The quantitative estimate of drug-likeness (QED) is 0.269. The molecule has 3 aromatic carbocycles. The minimum atomic E-state index is -0.402. The Balaban J connectivity index is 0.968. The summed E-state index contributed by atoms with van der Waals surface area (Å²) < 4.78 is 1.38. The van der Waals surface area contributed by atoms with Crippen molar-refractivity contribution in [1.82, 2.24) is 14.7 Å². The van der Waals surface area contributed by atoms with Gasteiger partial charge in [0.2, 0.25) is 5.91 Å². The number of carbonyl (C=O) groups excluding carboxylic acids is 1. The summed E-state index contributed by atoms with van der Waals surface area (Å²) in [4.78, 5) is 20.3. The van der Waals surface area contributed by atoms with E-state index in [2.05, 4.69) is 75.8 Å². The summed E-state index contributed by atoms with van der Waals surface area (Å²) >= 11 is 8.18. The molecule has 214 valence electrons. The third-order valence-electron chi connectivity index (χ3n) is 8.91. The maximum absolute atomic E-state index is 13.4. The summed E-state index contributed by atoms with van der Waals surface area (Å²) in [5.41, 5.74) is 11.7. The van der Waals surface area contributed by atoms with Gasteiger partial charge in [-0.2, -0.15) is 0 Å². The van der Waals surface area contributed by atoms with E-state index < -0.39 is 6.04 Å². The standard InChI is InChI=1S/C34H39ClN4OS/c35-30-9-10-31(25-5-2-1-3-6-25)28(23-30)13-17-37-15-11-26(12-16-37)32(36)34(40)39-20-18-38(19-21-39)24-29-8-4-7-27-14-22-41-33(27)29/h1-10,14,22-23,26,32H,11-13,15-21,24,36H2/t32-/m1/s1. The van der Waals surface area contributed by atoms with Crippen molar-refractivity contribution in [3.63, 3.8) is 0 Å². The second kappa shape index (κ2) is 13.1. The number of hydrogen-bond acceptors (Lipinski definition) is 5. The number of likely N-dealkylation sites (tertiary alicyclic amines) is 1. The minimum absolute atomic E-state index is 0.134. The van der Waals surface area contributed by atoms with Crippen molar-refractivity contribution in [2.75, 3.05) is 45.8 Å². The highest BCUT2D eigenvalue weighted by Gasteiger charge is 2.32. The lowest BCUT2D eigenvalue weighted by Crippen LogP contribution is -2.55. The number of nitrogens with zero attached hydrogens (tertiary/aromatic N) is 3. The van der Waals surface area contributed by atoms with Gasteiger partial charge in [-0.25, -0.2) is 0 Å². The summed E-state index contributed by atoms with van der Waals surface area (Å²) in [5, 5.41) is 4.26. The van der Waals surface area contributed by atoms with Gasteiger partial charge < -0.3 is 15.5 Å². The van der Waals surface area contributed by atoms with Crippen LogP contribution in [0.5, 0.6) is 0 Å². The van der Waals surface area contributed by atoms with Crippen LogP contribution < -0.4 is 5.73 Å². The summed E-state index contributed by atoms with van der Waals surface area (Å²) in [6, 6.07) is 25.1. The molecule has 0 aliphatic carbocycles. The van der Waals surface area contributed by atoms with Gasteiger partial charge in [-0.1, -0.05) is 66.2 Å². The van der Waals surface area contributed by atoms with E-state index in [-0.39, 0.29) is 11.8 Å². The average Bonchev–Trinajstić information content (AvgIpc) is 3.51. The van der Waals surface area contributed by atoms with Gasteiger partial charge in [-0.15, -0.1) is 11.3 Å². The summed E-state index contributed by atoms with van der Waals surface area (Å²) in [6.07, 6.45) is 2.89. The minimum Gasteiger partial charge on any atom is -0.339 e. The second-order valence-electron chi connectivity index (χ2n) is 11.5. The molecule has 6 rings (SSSR count). The fraction of sp³-hybridized carbons (Fsp3) is 0.382. The molecule has 41 heavy (non-hydrogen) atoms. The molecular formula is C34H39ClN4OS. The predicted octanol–water partition coefficient (Wildman–Crippen LogP) is 6.15. The number of thiophene rings is 1. The lowest BCUT2D eigenvalue weighted by Gasteiger charge is -2.39. The number of halogens is 1. The molecular weight excluding hydrogens is 548 g/mol. The van der Waals surface area contributed by atoms with Crippen LogP contribution in [0.4, 0.5) is 0 Å². The van der Waals surface area contributed by atoms with Crippen LogP contribution in [0.25, 0.3) is 21.2 Å². The predicted molar refractivity (Wildman–Crippen MR) is 171 cm³/mol. The van der Waals surface area contributed by atoms with Gasteiger partial charge in [0.05, 0.1) is 6.04 Å². The van der Waals surface area contributed by atoms with Gasteiger partial charge in [-0.3, -0.25) is 9.69 Å². The smallest absolute Gasteiger partial charge is 0.239 e. The number of piperidine rings is 1. The first-order valence-corrected chi connectivity index (χ1v) is 16.1. The molecule has 1 aromatic heterocycles. The van der Waals surface area contributed by atoms with E-state index in [1.54, 1.807) is 0 Å². The normalized spacial score (nSPS) is 18.1. The number of benzene rings is 3. The molecule has 3 heterocycles. The molecule has 1 atom stereocenters. The van der Waals surface area contributed by atoms with Crippen molar-refractivity contribution < 1.29 is 4.79 Å². The first-order chi connectivity index (χ1) is 20.0. The number of piperazine rings is 1. The SMILES string of the molecule is N[C@@H](C(=O)N1CCN(Cc2cccc3ccsc23)CC1)C1CCN(CCc2cc(Cl)ccc2-c2ccccc2)CC1. The zero-order chi connectivity index (χ0) is 28.2. The van der Waals surface area contributed by atoms with Crippen LogP contribution in [0.15, 0.2) is 78.2 Å². The Morgan fingerprint density at radius 1 is 0.878 bits per heavy atom. The highest BCUT2D eigenvalue weighted by molar-refractivity contribution is 7.17. The molecule has 0 unspecified atom stereocenters. The number of fused-ring (bicyclic) bond motifs is 1. The molecule has 1 amide bonds. The van der Waals surface area contributed by atoms with Crippen molar-refractivity contribution in [3.05, 3.63) is 94.3 Å². The molecule has 0 saturated carbocycles. The Bertz CT molecular complexity index is 1460. The van der Waals surface area contributed by atoms with Gasteiger partial charge in [0.15, 0.2) is 0 Å². The van der Waals surface area contributed by atoms with E-state index in [1.165, 1.54) is 32.3 Å². The van der Waals surface area contributed by atoms with Crippen LogP contribution in [0, 0.1) is 5.92 Å². The summed E-state index contributed by atoms with van der Waals surface area (Å²) in [7, 11) is 0. The van der Waals surface area contributed by atoms with E-state index in [4.69, 9.17) is 17.3 Å². The van der Waals surface area contributed by atoms with Gasteiger partial charge in [0.25, 0.3) is 0 Å². The van der Waals surface area contributed by atoms with Crippen molar-refractivity contribution in [3.8, 4) is 11.1 Å². The molecule has 2 N–H and O–H groups in total. The molecule has 0 radical (unpaired) electrons. The molecule has 2 fully saturated rings. The molecule has 4 aromatic rings. The second-order valence-corrected chi connectivity index (χ2v) is 12.8. The average molecular weight is 587 g/mol. The van der Waals surface area contributed by atoms with Crippen molar-refractivity contribution in [1.29, 1.82) is 0 Å². The highest BCUT2D eigenvalue weighted by Crippen LogP contribution is 2.29. The van der Waals surface area contributed by atoms with Crippen LogP contribution >= 0.6 is 22.9 Å². The van der Waals surface area contributed by atoms with Crippen LogP contribution in [-0.2, 0) is 17.8 Å². The topological polar surface area (TPSA) is 52.8 Å². The van der Waals surface area contributed by atoms with Gasteiger partial charge >= 0.3 is 0 Å². The molecule has 7 heteroatoms. The molecule has 2 aliphatic rings. The third kappa shape index (κ3) is 6.68. The Morgan fingerprint density at radius 3 is 2.44 bits per heavy atom. The highest BCUT2D eigenvalue weighted by atomic mass is 35.5. The van der Waals surface area contributed by atoms with E-state index in [1.807, 2.05) is 28.4 Å². The van der Waals surface area contributed by atoms with E-state index in [0.29, 0.717) is 0 Å². The molecule has 2 saturated heterocycles. The van der Waals surface area contributed by atoms with E-state index in [9.17, 15) is 4.79 Å². The van der Waals surface area contributed by atoms with Crippen LogP contribution in [0.1, 0.15) is 24.0 Å². The number of hydrogen-bond donors (Lipinski definition) is 1. The largest absolute Gasteiger partial charge is 0.339 e. The fourth-order valence-electron chi connectivity index (χ4n) is 6.44. The van der Waals surface area contributed by atoms with Gasteiger partial charge in [-0.05, 0) is 89.5 Å². The van der Waals surface area contributed by atoms with Crippen molar-refractivity contribution >= 4 is 38.9 Å². The summed E-state index contributed by atoms with van der Waals surface area (Å²) in [6.45, 7) is 7.19. The number of carbonyl (C=O) groups is 1. The number of amides is 1. The Kier molecular flexibility index (Phi) is 9.04. The molecule has 0 spiro atoms. The van der Waals surface area contributed by atoms with Gasteiger partial charge in [0, 0.05) is 49.0 Å². The van der Waals surface area contributed by atoms with Crippen molar-refractivity contribution in [2.45, 2.75) is 31.8 Å². The van der Waals surface area contributed by atoms with Crippen molar-refractivity contribution in [2.24, 2.45) is 11.7 Å². The first kappa shape index (κ1) is 28.4. The lowest BCUT2D eigenvalue weighted by atomic mass is 9.88.